The van der Waals surface area contributed by atoms with Gasteiger partial charge in [-0.05, 0) is 50.1 Å². The van der Waals surface area contributed by atoms with Gasteiger partial charge in [0.15, 0.2) is 0 Å². The van der Waals surface area contributed by atoms with Crippen molar-refractivity contribution < 1.29 is 18.0 Å². The molecule has 0 saturated carbocycles. The summed E-state index contributed by atoms with van der Waals surface area (Å²) >= 11 is 0. The second kappa shape index (κ2) is 6.46. The summed E-state index contributed by atoms with van der Waals surface area (Å²) in [5.41, 5.74) is 2.79. The highest BCUT2D eigenvalue weighted by molar-refractivity contribution is 5.97. The molecule has 0 bridgehead atoms. The van der Waals surface area contributed by atoms with Gasteiger partial charge in [0.2, 0.25) is 5.91 Å². The number of furan rings is 2. The fourth-order valence-electron chi connectivity index (χ4n) is 3.25. The Bertz CT molecular complexity index is 1210. The summed E-state index contributed by atoms with van der Waals surface area (Å²) in [4.78, 5) is 24.7. The quantitative estimate of drug-likeness (QED) is 0.554. The predicted octanol–water partition coefficient (Wildman–Crippen LogP) is 3.92. The Morgan fingerprint density at radius 3 is 2.52 bits per heavy atom. The van der Waals surface area contributed by atoms with Crippen molar-refractivity contribution >= 4 is 27.8 Å². The highest BCUT2D eigenvalue weighted by Gasteiger charge is 2.17. The van der Waals surface area contributed by atoms with Gasteiger partial charge in [0.25, 0.3) is 0 Å². The number of hydrogen-bond donors (Lipinski definition) is 1. The fraction of sp³-hybridized carbons (Fsp3) is 0.238. The van der Waals surface area contributed by atoms with E-state index in [9.17, 15) is 9.59 Å². The van der Waals surface area contributed by atoms with E-state index in [4.69, 9.17) is 13.3 Å². The van der Waals surface area contributed by atoms with Crippen LogP contribution in [0.3, 0.4) is 0 Å². The van der Waals surface area contributed by atoms with Gasteiger partial charge in [-0.3, -0.25) is 4.79 Å². The number of rotatable bonds is 4. The summed E-state index contributed by atoms with van der Waals surface area (Å²) < 4.78 is 16.4. The molecule has 1 aromatic carbocycles. The number of benzene rings is 1. The van der Waals surface area contributed by atoms with E-state index in [0.29, 0.717) is 22.5 Å². The molecule has 0 aliphatic heterocycles. The van der Waals surface area contributed by atoms with Crippen LogP contribution in [0.4, 0.5) is 0 Å². The Morgan fingerprint density at radius 2 is 1.78 bits per heavy atom. The van der Waals surface area contributed by atoms with Gasteiger partial charge in [-0.1, -0.05) is 0 Å². The second-order valence-electron chi connectivity index (χ2n) is 6.65. The zero-order chi connectivity index (χ0) is 19.1. The van der Waals surface area contributed by atoms with E-state index in [1.54, 1.807) is 24.5 Å². The van der Waals surface area contributed by atoms with Crippen LogP contribution in [0.15, 0.2) is 48.6 Å². The summed E-state index contributed by atoms with van der Waals surface area (Å²) in [6, 6.07) is 7.22. The minimum atomic E-state index is -0.507. The first-order valence-corrected chi connectivity index (χ1v) is 8.69. The van der Waals surface area contributed by atoms with E-state index in [0.717, 1.165) is 27.7 Å². The number of aryl methyl sites for hydroxylation is 3. The molecule has 4 rings (SSSR count). The molecule has 3 heterocycles. The van der Waals surface area contributed by atoms with E-state index in [1.807, 2.05) is 26.8 Å². The van der Waals surface area contributed by atoms with E-state index in [2.05, 4.69) is 5.32 Å². The third kappa shape index (κ3) is 3.03. The van der Waals surface area contributed by atoms with Crippen molar-refractivity contribution in [1.82, 2.24) is 5.32 Å². The molecular formula is C21H19NO5. The Balaban J connectivity index is 1.69. The van der Waals surface area contributed by atoms with E-state index in [-0.39, 0.29) is 18.9 Å². The molecule has 27 heavy (non-hydrogen) atoms. The molecule has 4 aromatic rings. The zero-order valence-electron chi connectivity index (χ0n) is 15.3. The molecule has 0 saturated heterocycles. The first-order valence-electron chi connectivity index (χ1n) is 8.69. The van der Waals surface area contributed by atoms with Crippen molar-refractivity contribution in [3.05, 3.63) is 69.2 Å². The van der Waals surface area contributed by atoms with Crippen LogP contribution in [0.5, 0.6) is 0 Å². The van der Waals surface area contributed by atoms with Gasteiger partial charge >= 0.3 is 5.63 Å². The molecule has 6 heteroatoms. The standard InChI is InChI=1S/C21H19NO5/c1-11-13(3)26-18-9-19-16(7-15(11)18)12(2)17(21(24)27-19)8-20(23)22-10-14-5-4-6-25-14/h4-7,9H,8,10H2,1-3H3,(H,22,23). The summed E-state index contributed by atoms with van der Waals surface area (Å²) in [6.45, 7) is 6.00. The van der Waals surface area contributed by atoms with Crippen molar-refractivity contribution in [3.63, 3.8) is 0 Å². The third-order valence-electron chi connectivity index (χ3n) is 4.96. The highest BCUT2D eigenvalue weighted by atomic mass is 16.4. The van der Waals surface area contributed by atoms with E-state index in [1.165, 1.54) is 0 Å². The highest BCUT2D eigenvalue weighted by Crippen LogP contribution is 2.30. The minimum absolute atomic E-state index is 0.0494. The molecule has 1 amide bonds. The lowest BCUT2D eigenvalue weighted by molar-refractivity contribution is -0.120. The Morgan fingerprint density at radius 1 is 1.04 bits per heavy atom. The van der Waals surface area contributed by atoms with Crippen LogP contribution in [0.25, 0.3) is 21.9 Å². The van der Waals surface area contributed by atoms with Crippen molar-refractivity contribution in [1.29, 1.82) is 0 Å². The maximum atomic E-state index is 12.4. The summed E-state index contributed by atoms with van der Waals surface area (Å²) in [7, 11) is 0. The number of nitrogens with one attached hydrogen (secondary N) is 1. The van der Waals surface area contributed by atoms with Crippen molar-refractivity contribution in [2.24, 2.45) is 0 Å². The van der Waals surface area contributed by atoms with Crippen molar-refractivity contribution in [3.8, 4) is 0 Å². The van der Waals surface area contributed by atoms with Gasteiger partial charge in [0, 0.05) is 16.8 Å². The van der Waals surface area contributed by atoms with Crippen LogP contribution in [0.1, 0.15) is 28.2 Å². The summed E-state index contributed by atoms with van der Waals surface area (Å²) in [5, 5.41) is 4.53. The maximum Gasteiger partial charge on any atom is 0.340 e. The first-order chi connectivity index (χ1) is 12.9. The molecule has 0 spiro atoms. The number of fused-ring (bicyclic) bond motifs is 2. The molecule has 0 aliphatic rings. The van der Waals surface area contributed by atoms with Crippen molar-refractivity contribution in [2.45, 2.75) is 33.7 Å². The SMILES string of the molecule is Cc1oc2cc3oc(=O)c(CC(=O)NCc4ccco4)c(C)c3cc2c1C. The van der Waals surface area contributed by atoms with Gasteiger partial charge in [-0.2, -0.15) is 0 Å². The molecule has 138 valence electrons. The lowest BCUT2D eigenvalue weighted by Crippen LogP contribution is -2.27. The molecule has 1 N–H and O–H groups in total. The van der Waals surface area contributed by atoms with Crippen LogP contribution < -0.4 is 10.9 Å². The predicted molar refractivity (Wildman–Crippen MR) is 101 cm³/mol. The minimum Gasteiger partial charge on any atom is -0.467 e. The largest absolute Gasteiger partial charge is 0.467 e. The smallest absolute Gasteiger partial charge is 0.340 e. The molecule has 0 fully saturated rings. The zero-order valence-corrected chi connectivity index (χ0v) is 15.3. The third-order valence-corrected chi connectivity index (χ3v) is 4.96. The van der Waals surface area contributed by atoms with Crippen LogP contribution >= 0.6 is 0 Å². The number of amides is 1. The number of carbonyl (C=O) groups excluding carboxylic acids is 1. The van der Waals surface area contributed by atoms with Gasteiger partial charge in [-0.15, -0.1) is 0 Å². The average molecular weight is 365 g/mol. The maximum absolute atomic E-state index is 12.4. The average Bonchev–Trinajstić information content (AvgIpc) is 3.24. The molecule has 0 unspecified atom stereocenters. The molecule has 0 aliphatic carbocycles. The van der Waals surface area contributed by atoms with Gasteiger partial charge in [0.05, 0.1) is 24.8 Å². The monoisotopic (exact) mass is 365 g/mol. The lowest BCUT2D eigenvalue weighted by Gasteiger charge is -2.08. The summed E-state index contributed by atoms with van der Waals surface area (Å²) in [6.07, 6.45) is 1.50. The van der Waals surface area contributed by atoms with Gasteiger partial charge < -0.3 is 18.6 Å². The van der Waals surface area contributed by atoms with E-state index >= 15 is 0 Å². The van der Waals surface area contributed by atoms with Crippen LogP contribution in [-0.2, 0) is 17.8 Å². The molecule has 0 atom stereocenters. The van der Waals surface area contributed by atoms with Gasteiger partial charge in [0.1, 0.15) is 22.7 Å². The summed E-state index contributed by atoms with van der Waals surface area (Å²) in [5.74, 6) is 1.22. The number of carbonyl (C=O) groups is 1. The van der Waals surface area contributed by atoms with Crippen LogP contribution in [0.2, 0.25) is 0 Å². The molecule has 6 nitrogen and oxygen atoms in total. The Kier molecular flexibility index (Phi) is 4.11. The van der Waals surface area contributed by atoms with Crippen LogP contribution in [-0.4, -0.2) is 5.91 Å². The topological polar surface area (TPSA) is 85.6 Å². The molecular weight excluding hydrogens is 346 g/mol. The Labute approximate surface area is 154 Å². The first kappa shape index (κ1) is 17.1. The molecule has 0 radical (unpaired) electrons. The van der Waals surface area contributed by atoms with Crippen molar-refractivity contribution in [2.75, 3.05) is 0 Å². The van der Waals surface area contributed by atoms with Gasteiger partial charge in [-0.25, -0.2) is 4.79 Å². The normalized spacial score (nSPS) is 11.4. The Hall–Kier alpha value is -3.28. The lowest BCUT2D eigenvalue weighted by atomic mass is 10.0. The molecule has 3 aromatic heterocycles. The van der Waals surface area contributed by atoms with Crippen LogP contribution in [0, 0.1) is 20.8 Å². The fourth-order valence-corrected chi connectivity index (χ4v) is 3.25. The number of hydrogen-bond acceptors (Lipinski definition) is 5. The van der Waals surface area contributed by atoms with E-state index < -0.39 is 5.63 Å². The second-order valence-corrected chi connectivity index (χ2v) is 6.65.